The molecule has 2 N–H and O–H groups in total. The summed E-state index contributed by atoms with van der Waals surface area (Å²) in [4.78, 5) is 30.7. The van der Waals surface area contributed by atoms with Crippen LogP contribution in [-0.4, -0.2) is 82.0 Å². The second kappa shape index (κ2) is 12.5. The summed E-state index contributed by atoms with van der Waals surface area (Å²) in [5, 5.41) is 17.3. The molecule has 2 aromatic rings. The number of hydrazine groups is 1. The van der Waals surface area contributed by atoms with Crippen LogP contribution < -0.4 is 5.32 Å². The van der Waals surface area contributed by atoms with Crippen LogP contribution in [0.5, 0.6) is 0 Å². The van der Waals surface area contributed by atoms with Gasteiger partial charge in [0.1, 0.15) is 18.2 Å². The fourth-order valence-corrected chi connectivity index (χ4v) is 5.33. The molecule has 2 heterocycles. The topological polar surface area (TPSA) is 79.4 Å². The number of nitrogens with one attached hydrogen (secondary N) is 1. The van der Waals surface area contributed by atoms with Gasteiger partial charge in [-0.15, -0.1) is 0 Å². The van der Waals surface area contributed by atoms with Crippen molar-refractivity contribution >= 4 is 11.9 Å². The van der Waals surface area contributed by atoms with Gasteiger partial charge in [0.15, 0.2) is 0 Å². The highest BCUT2D eigenvalue weighted by Gasteiger charge is 2.50. The minimum Gasteiger partial charge on any atom is -0.377 e. The van der Waals surface area contributed by atoms with Crippen LogP contribution in [0.2, 0.25) is 0 Å². The van der Waals surface area contributed by atoms with E-state index in [2.05, 4.69) is 24.4 Å². The summed E-state index contributed by atoms with van der Waals surface area (Å²) in [6.07, 6.45) is 2.77. The molecule has 0 saturated carbocycles. The van der Waals surface area contributed by atoms with Crippen LogP contribution in [0.25, 0.3) is 0 Å². The van der Waals surface area contributed by atoms with Gasteiger partial charge in [0.05, 0.1) is 19.1 Å². The molecule has 3 amide bonds. The number of nitrogens with zero attached hydrogens (tertiary/aromatic N) is 4. The van der Waals surface area contributed by atoms with Gasteiger partial charge in [0, 0.05) is 20.1 Å². The summed E-state index contributed by atoms with van der Waals surface area (Å²) < 4.78 is 13.3. The molecule has 200 valence electrons. The molecule has 9 heteroatoms. The molecule has 2 aromatic carbocycles. The number of hydrogen-bond acceptors (Lipinski definition) is 5. The van der Waals surface area contributed by atoms with Crippen molar-refractivity contribution in [3.05, 3.63) is 71.5 Å². The molecule has 3 atom stereocenters. The highest BCUT2D eigenvalue weighted by atomic mass is 19.1. The number of unbranched alkanes of at least 4 members (excludes halogenated alkanes) is 1. The highest BCUT2D eigenvalue weighted by molar-refractivity contribution is 5.83. The molecule has 8 nitrogen and oxygen atoms in total. The number of benzene rings is 2. The van der Waals surface area contributed by atoms with Gasteiger partial charge in [0.2, 0.25) is 5.91 Å². The molecule has 0 bridgehead atoms. The van der Waals surface area contributed by atoms with Crippen molar-refractivity contribution in [3.8, 4) is 0 Å². The number of piperazine rings is 1. The molecular formula is C28H38FN5O3. The van der Waals surface area contributed by atoms with Crippen LogP contribution in [0.1, 0.15) is 43.7 Å². The molecule has 2 saturated heterocycles. The molecule has 0 aromatic heterocycles. The number of aliphatic hydroxyl groups excluding tert-OH is 1. The van der Waals surface area contributed by atoms with Crippen molar-refractivity contribution in [1.82, 2.24) is 25.1 Å². The van der Waals surface area contributed by atoms with Crippen LogP contribution in [0.4, 0.5) is 9.18 Å². The van der Waals surface area contributed by atoms with Crippen LogP contribution in [-0.2, 0) is 17.8 Å². The molecule has 37 heavy (non-hydrogen) atoms. The Hall–Kier alpha value is -3.01. The number of fused-ring (bicyclic) bond motifs is 1. The number of amides is 3. The second-order valence-corrected chi connectivity index (χ2v) is 9.91. The Kier molecular flexibility index (Phi) is 9.13. The Morgan fingerprint density at radius 1 is 1.05 bits per heavy atom. The molecule has 0 aliphatic carbocycles. The van der Waals surface area contributed by atoms with E-state index in [-0.39, 0.29) is 30.8 Å². The Balaban J connectivity index is 1.50. The van der Waals surface area contributed by atoms with Gasteiger partial charge in [-0.2, -0.15) is 0 Å². The highest BCUT2D eigenvalue weighted by Crippen LogP contribution is 2.30. The molecule has 0 radical (unpaired) electrons. The molecular weight excluding hydrogens is 473 g/mol. The third-order valence-electron chi connectivity index (χ3n) is 7.24. The van der Waals surface area contributed by atoms with Gasteiger partial charge >= 0.3 is 6.03 Å². The summed E-state index contributed by atoms with van der Waals surface area (Å²) in [6.45, 7) is 3.45. The number of aryl methyl sites for hydroxylation is 1. The quantitative estimate of drug-likeness (QED) is 0.541. The summed E-state index contributed by atoms with van der Waals surface area (Å²) in [7, 11) is 1.77. The van der Waals surface area contributed by atoms with Crippen molar-refractivity contribution in [3.63, 3.8) is 0 Å². The zero-order valence-electron chi connectivity index (χ0n) is 21.7. The lowest BCUT2D eigenvalue weighted by atomic mass is 10.00. The molecule has 2 aliphatic heterocycles. The minimum absolute atomic E-state index is 0.0213. The Labute approximate surface area is 218 Å². The smallest absolute Gasteiger partial charge is 0.333 e. The lowest BCUT2D eigenvalue weighted by Crippen LogP contribution is -2.77. The number of halogens is 1. The number of hydrogen-bond donors (Lipinski definition) is 2. The van der Waals surface area contributed by atoms with Crippen LogP contribution in [0, 0.1) is 5.82 Å². The van der Waals surface area contributed by atoms with E-state index in [9.17, 15) is 19.1 Å². The largest absolute Gasteiger partial charge is 0.377 e. The number of β-amino-alcohol motifs (C(OH)–C–C–N with tert-alkyl or cyclic N) is 1. The number of rotatable bonds is 9. The average molecular weight is 512 g/mol. The lowest BCUT2D eigenvalue weighted by molar-refractivity contribution is -0.223. The van der Waals surface area contributed by atoms with E-state index < -0.39 is 18.4 Å². The number of urea groups is 1. The van der Waals surface area contributed by atoms with E-state index in [1.54, 1.807) is 29.2 Å². The predicted molar refractivity (Wildman–Crippen MR) is 139 cm³/mol. The average Bonchev–Trinajstić information content (AvgIpc) is 2.89. The van der Waals surface area contributed by atoms with Gasteiger partial charge < -0.3 is 15.3 Å². The van der Waals surface area contributed by atoms with Gasteiger partial charge in [-0.25, -0.2) is 24.1 Å². The normalized spacial score (nSPS) is 22.7. The van der Waals surface area contributed by atoms with Gasteiger partial charge in [0.25, 0.3) is 0 Å². The standard InChI is InChI=1S/C28H38FN5O3/c1-3-4-12-24-27(36)32(17-8-11-21-9-6-5-7-10-21)19-25-33(24)26(35)20-31(2)34(25)28(37)30-18-22-13-15-23(29)16-14-22/h5-7,9-10,13-16,24-26,35H,3-4,8,11-12,17-20H2,1-2H3,(H,30,37)/t24-,25-,26?/m0/s1. The third-order valence-corrected chi connectivity index (χ3v) is 7.24. The summed E-state index contributed by atoms with van der Waals surface area (Å²) >= 11 is 0. The third kappa shape index (κ3) is 6.47. The van der Waals surface area contributed by atoms with E-state index >= 15 is 0 Å². The number of carbonyl (C=O) groups is 2. The van der Waals surface area contributed by atoms with E-state index in [0.29, 0.717) is 19.5 Å². The lowest BCUT2D eigenvalue weighted by Gasteiger charge is -2.56. The maximum absolute atomic E-state index is 13.6. The number of aliphatic hydroxyl groups is 1. The van der Waals surface area contributed by atoms with Crippen molar-refractivity contribution < 1.29 is 19.1 Å². The molecule has 2 aliphatic rings. The van der Waals surface area contributed by atoms with Gasteiger partial charge in [-0.1, -0.05) is 62.2 Å². The molecule has 4 rings (SSSR count). The minimum atomic E-state index is -0.853. The van der Waals surface area contributed by atoms with E-state index in [0.717, 1.165) is 31.2 Å². The first kappa shape index (κ1) is 27.0. The zero-order valence-corrected chi connectivity index (χ0v) is 21.7. The molecule has 2 fully saturated rings. The van der Waals surface area contributed by atoms with Gasteiger partial charge in [-0.3, -0.25) is 4.79 Å². The fraction of sp³-hybridized carbons (Fsp3) is 0.500. The predicted octanol–water partition coefficient (Wildman–Crippen LogP) is 3.18. The summed E-state index contributed by atoms with van der Waals surface area (Å²) in [6, 6.07) is 15.4. The monoisotopic (exact) mass is 511 g/mol. The number of carbonyl (C=O) groups excluding carboxylic acids is 2. The van der Waals surface area contributed by atoms with Gasteiger partial charge in [-0.05, 0) is 42.5 Å². The van der Waals surface area contributed by atoms with Crippen molar-refractivity contribution in [2.75, 3.05) is 26.7 Å². The Bertz CT molecular complexity index is 1040. The first-order chi connectivity index (χ1) is 17.9. The maximum Gasteiger partial charge on any atom is 0.333 e. The maximum atomic E-state index is 13.6. The zero-order chi connectivity index (χ0) is 26.4. The van der Waals surface area contributed by atoms with E-state index in [4.69, 9.17) is 0 Å². The summed E-state index contributed by atoms with van der Waals surface area (Å²) in [5.74, 6) is -0.305. The summed E-state index contributed by atoms with van der Waals surface area (Å²) in [5.41, 5.74) is 2.01. The van der Waals surface area contributed by atoms with Crippen LogP contribution in [0.15, 0.2) is 54.6 Å². The van der Waals surface area contributed by atoms with Crippen molar-refractivity contribution in [1.29, 1.82) is 0 Å². The van der Waals surface area contributed by atoms with Crippen LogP contribution in [0.3, 0.4) is 0 Å². The first-order valence-electron chi connectivity index (χ1n) is 13.2. The van der Waals surface area contributed by atoms with E-state index in [1.165, 1.54) is 17.7 Å². The molecule has 1 unspecified atom stereocenters. The van der Waals surface area contributed by atoms with Crippen molar-refractivity contribution in [2.45, 2.75) is 64.0 Å². The number of likely N-dealkylation sites (N-methyl/N-ethyl adjacent to an activating group) is 1. The SMILES string of the molecule is CCCC[C@H]1C(=O)N(CCCc2ccccc2)C[C@H]2N1C(O)CN(C)N2C(=O)NCc1ccc(F)cc1. The van der Waals surface area contributed by atoms with Crippen LogP contribution >= 0.6 is 0 Å². The first-order valence-corrected chi connectivity index (χ1v) is 13.2. The Morgan fingerprint density at radius 3 is 2.49 bits per heavy atom. The van der Waals surface area contributed by atoms with Crippen molar-refractivity contribution in [2.24, 2.45) is 0 Å². The fourth-order valence-electron chi connectivity index (χ4n) is 5.33. The van der Waals surface area contributed by atoms with E-state index in [1.807, 2.05) is 28.0 Å². The second-order valence-electron chi connectivity index (χ2n) is 9.91. The molecule has 0 spiro atoms. The Morgan fingerprint density at radius 2 is 1.78 bits per heavy atom.